The summed E-state index contributed by atoms with van der Waals surface area (Å²) in [6, 6.07) is 9.80. The van der Waals surface area contributed by atoms with Gasteiger partial charge in [-0.05, 0) is 12.5 Å². The Balaban J connectivity index is 2.27. The monoisotopic (exact) mass is 188 g/mol. The number of benzene rings is 1. The molecule has 72 valence electrons. The van der Waals surface area contributed by atoms with Gasteiger partial charge in [-0.15, -0.1) is 0 Å². The predicted molar refractivity (Wildman–Crippen MR) is 55.1 cm³/mol. The van der Waals surface area contributed by atoms with Gasteiger partial charge in [0.2, 0.25) is 5.91 Å². The predicted octanol–water partition coefficient (Wildman–Crippen LogP) is 1.67. The average Bonchev–Trinajstić information content (AvgIpc) is 2.23. The molecule has 0 saturated carbocycles. The number of rotatable bonds is 1. The molecule has 1 aliphatic heterocycles. The lowest BCUT2D eigenvalue weighted by Gasteiger charge is -2.19. The van der Waals surface area contributed by atoms with Gasteiger partial charge in [-0.3, -0.25) is 4.79 Å². The highest BCUT2D eigenvalue weighted by Gasteiger charge is 2.24. The van der Waals surface area contributed by atoms with Gasteiger partial charge in [0.1, 0.15) is 0 Å². The Morgan fingerprint density at radius 2 is 2.07 bits per heavy atom. The number of hydrogen-bond acceptors (Lipinski definition) is 2. The second-order valence-corrected chi connectivity index (χ2v) is 3.49. The topological polar surface area (TPSA) is 41.5 Å². The van der Waals surface area contributed by atoms with Gasteiger partial charge in [0.05, 0.1) is 5.92 Å². The van der Waals surface area contributed by atoms with Crippen molar-refractivity contribution in [1.82, 2.24) is 5.43 Å². The van der Waals surface area contributed by atoms with Crippen LogP contribution in [0.1, 0.15) is 24.8 Å². The molecule has 14 heavy (non-hydrogen) atoms. The highest BCUT2D eigenvalue weighted by atomic mass is 16.2. The number of carbonyl (C=O) groups is 1. The zero-order valence-electron chi connectivity index (χ0n) is 8.03. The van der Waals surface area contributed by atoms with Gasteiger partial charge < -0.3 is 0 Å². The first-order chi connectivity index (χ1) is 6.77. The third-order valence-electron chi connectivity index (χ3n) is 2.37. The van der Waals surface area contributed by atoms with Crippen LogP contribution in [-0.2, 0) is 4.79 Å². The van der Waals surface area contributed by atoms with Crippen molar-refractivity contribution in [2.75, 3.05) is 0 Å². The number of hydrazone groups is 1. The lowest BCUT2D eigenvalue weighted by atomic mass is 9.92. The second kappa shape index (κ2) is 3.62. The van der Waals surface area contributed by atoms with E-state index < -0.39 is 0 Å². The van der Waals surface area contributed by atoms with Crippen molar-refractivity contribution >= 4 is 11.6 Å². The van der Waals surface area contributed by atoms with Crippen molar-refractivity contribution in [3.8, 4) is 0 Å². The summed E-state index contributed by atoms with van der Waals surface area (Å²) < 4.78 is 0. The zero-order valence-corrected chi connectivity index (χ0v) is 8.03. The van der Waals surface area contributed by atoms with Crippen molar-refractivity contribution in [2.24, 2.45) is 5.10 Å². The SMILES string of the molecule is CC1=NNC(=O)[C@@H](c2ccccc2)C1. The Morgan fingerprint density at radius 3 is 2.79 bits per heavy atom. The van der Waals surface area contributed by atoms with Crippen molar-refractivity contribution in [1.29, 1.82) is 0 Å². The molecule has 0 spiro atoms. The van der Waals surface area contributed by atoms with E-state index in [1.807, 2.05) is 37.3 Å². The van der Waals surface area contributed by atoms with E-state index in [9.17, 15) is 4.79 Å². The molecule has 1 N–H and O–H groups in total. The molecule has 0 fully saturated rings. The fraction of sp³-hybridized carbons (Fsp3) is 0.273. The minimum absolute atomic E-state index is 0.0122. The molecule has 1 amide bonds. The summed E-state index contributed by atoms with van der Waals surface area (Å²) in [6.07, 6.45) is 0.718. The first-order valence-corrected chi connectivity index (χ1v) is 4.65. The Hall–Kier alpha value is -1.64. The molecular weight excluding hydrogens is 176 g/mol. The summed E-state index contributed by atoms with van der Waals surface area (Å²) in [5.41, 5.74) is 4.56. The molecule has 0 bridgehead atoms. The minimum atomic E-state index is -0.0753. The maximum Gasteiger partial charge on any atom is 0.247 e. The van der Waals surface area contributed by atoms with Crippen LogP contribution in [0.3, 0.4) is 0 Å². The molecule has 1 aromatic rings. The molecule has 1 heterocycles. The Bertz CT molecular complexity index is 370. The van der Waals surface area contributed by atoms with Crippen LogP contribution in [0.2, 0.25) is 0 Å². The van der Waals surface area contributed by atoms with Crippen molar-refractivity contribution in [3.63, 3.8) is 0 Å². The maximum absolute atomic E-state index is 11.5. The standard InChI is InChI=1S/C11H12N2O/c1-8-7-10(11(14)13-12-8)9-5-3-2-4-6-9/h2-6,10H,7H2,1H3,(H,13,14)/t10-/m1/s1. The van der Waals surface area contributed by atoms with E-state index in [2.05, 4.69) is 10.5 Å². The van der Waals surface area contributed by atoms with Gasteiger partial charge in [0, 0.05) is 12.1 Å². The van der Waals surface area contributed by atoms with Gasteiger partial charge >= 0.3 is 0 Å². The van der Waals surface area contributed by atoms with Crippen LogP contribution in [0.4, 0.5) is 0 Å². The molecule has 1 atom stereocenters. The van der Waals surface area contributed by atoms with Crippen LogP contribution in [-0.4, -0.2) is 11.6 Å². The summed E-state index contributed by atoms with van der Waals surface area (Å²) in [7, 11) is 0. The van der Waals surface area contributed by atoms with E-state index in [1.54, 1.807) is 0 Å². The van der Waals surface area contributed by atoms with Crippen LogP contribution in [0.5, 0.6) is 0 Å². The molecule has 2 rings (SSSR count). The fourth-order valence-corrected chi connectivity index (χ4v) is 1.62. The maximum atomic E-state index is 11.5. The van der Waals surface area contributed by atoms with E-state index in [0.717, 1.165) is 17.7 Å². The molecule has 0 aromatic heterocycles. The van der Waals surface area contributed by atoms with E-state index >= 15 is 0 Å². The van der Waals surface area contributed by atoms with Crippen LogP contribution in [0.25, 0.3) is 0 Å². The summed E-state index contributed by atoms with van der Waals surface area (Å²) >= 11 is 0. The quantitative estimate of drug-likeness (QED) is 0.715. The lowest BCUT2D eigenvalue weighted by molar-refractivity contribution is -0.122. The Labute approximate surface area is 82.8 Å². The van der Waals surface area contributed by atoms with E-state index in [1.165, 1.54) is 0 Å². The number of carbonyl (C=O) groups excluding carboxylic acids is 1. The molecule has 0 radical (unpaired) electrons. The van der Waals surface area contributed by atoms with Gasteiger partial charge in [0.15, 0.2) is 0 Å². The highest BCUT2D eigenvalue weighted by Crippen LogP contribution is 2.22. The second-order valence-electron chi connectivity index (χ2n) is 3.49. The van der Waals surface area contributed by atoms with Crippen molar-refractivity contribution in [2.45, 2.75) is 19.3 Å². The Morgan fingerprint density at radius 1 is 1.36 bits per heavy atom. The Kier molecular flexibility index (Phi) is 2.31. The smallest absolute Gasteiger partial charge is 0.247 e. The zero-order chi connectivity index (χ0) is 9.97. The summed E-state index contributed by atoms with van der Waals surface area (Å²) in [4.78, 5) is 11.5. The number of nitrogens with one attached hydrogen (secondary N) is 1. The summed E-state index contributed by atoms with van der Waals surface area (Å²) in [5.74, 6) is -0.0875. The molecule has 3 heteroatoms. The number of hydrogen-bond donors (Lipinski definition) is 1. The van der Waals surface area contributed by atoms with Gasteiger partial charge in [0.25, 0.3) is 0 Å². The molecule has 1 aromatic carbocycles. The molecule has 1 aliphatic rings. The van der Waals surface area contributed by atoms with E-state index in [0.29, 0.717) is 0 Å². The van der Waals surface area contributed by atoms with E-state index in [-0.39, 0.29) is 11.8 Å². The van der Waals surface area contributed by atoms with E-state index in [4.69, 9.17) is 0 Å². The van der Waals surface area contributed by atoms with Crippen LogP contribution < -0.4 is 5.43 Å². The largest absolute Gasteiger partial charge is 0.272 e. The number of amides is 1. The van der Waals surface area contributed by atoms with Gasteiger partial charge in [-0.25, -0.2) is 5.43 Å². The van der Waals surface area contributed by atoms with Crippen LogP contribution >= 0.6 is 0 Å². The average molecular weight is 188 g/mol. The molecule has 3 nitrogen and oxygen atoms in total. The van der Waals surface area contributed by atoms with Crippen LogP contribution in [0.15, 0.2) is 35.4 Å². The van der Waals surface area contributed by atoms with Crippen molar-refractivity contribution < 1.29 is 4.79 Å². The van der Waals surface area contributed by atoms with Crippen molar-refractivity contribution in [3.05, 3.63) is 35.9 Å². The normalized spacial score (nSPS) is 21.4. The first kappa shape index (κ1) is 8.94. The summed E-state index contributed by atoms with van der Waals surface area (Å²) in [6.45, 7) is 1.93. The molecular formula is C11H12N2O. The number of nitrogens with zero attached hydrogens (tertiary/aromatic N) is 1. The van der Waals surface area contributed by atoms with Gasteiger partial charge in [-0.1, -0.05) is 30.3 Å². The molecule has 0 saturated heterocycles. The lowest BCUT2D eigenvalue weighted by Crippen LogP contribution is -2.32. The first-order valence-electron chi connectivity index (χ1n) is 4.65. The fourth-order valence-electron chi connectivity index (χ4n) is 1.62. The van der Waals surface area contributed by atoms with Gasteiger partial charge in [-0.2, -0.15) is 5.10 Å². The third kappa shape index (κ3) is 1.66. The molecule has 0 unspecified atom stereocenters. The minimum Gasteiger partial charge on any atom is -0.272 e. The van der Waals surface area contributed by atoms with Crippen LogP contribution in [0, 0.1) is 0 Å². The third-order valence-corrected chi connectivity index (χ3v) is 2.37. The molecule has 0 aliphatic carbocycles. The highest BCUT2D eigenvalue weighted by molar-refractivity contribution is 5.95. The summed E-state index contributed by atoms with van der Waals surface area (Å²) in [5, 5.41) is 3.90.